The van der Waals surface area contributed by atoms with E-state index in [1.54, 1.807) is 13.0 Å². The maximum Gasteiger partial charge on any atom is 0.330 e. The van der Waals surface area contributed by atoms with Crippen molar-refractivity contribution in [2.24, 2.45) is 5.41 Å². The van der Waals surface area contributed by atoms with Crippen molar-refractivity contribution in [3.63, 3.8) is 0 Å². The zero-order valence-electron chi connectivity index (χ0n) is 10.4. The van der Waals surface area contributed by atoms with Crippen molar-refractivity contribution in [1.29, 1.82) is 0 Å². The number of carboxylic acid groups (broad SMARTS) is 1. The highest BCUT2D eigenvalue weighted by molar-refractivity contribution is 5.85. The van der Waals surface area contributed by atoms with E-state index in [-0.39, 0.29) is 12.0 Å². The fourth-order valence-corrected chi connectivity index (χ4v) is 1.37. The van der Waals surface area contributed by atoms with Crippen LogP contribution < -0.4 is 5.32 Å². The van der Waals surface area contributed by atoms with E-state index in [1.165, 1.54) is 0 Å². The fourth-order valence-electron chi connectivity index (χ4n) is 1.37. The molecule has 0 aliphatic heterocycles. The minimum absolute atomic E-state index is 0.133. The van der Waals surface area contributed by atoms with Gasteiger partial charge in [-0.1, -0.05) is 19.9 Å². The van der Waals surface area contributed by atoms with Crippen molar-refractivity contribution in [1.82, 2.24) is 5.32 Å². The van der Waals surface area contributed by atoms with Crippen LogP contribution in [0.1, 0.15) is 33.6 Å². The van der Waals surface area contributed by atoms with Gasteiger partial charge in [-0.05, 0) is 25.2 Å². The summed E-state index contributed by atoms with van der Waals surface area (Å²) in [5, 5.41) is 20.6. The first-order valence-electron chi connectivity index (χ1n) is 5.61. The summed E-state index contributed by atoms with van der Waals surface area (Å²) in [6.45, 7) is 7.45. The fraction of sp³-hybridized carbons (Fsp3) is 0.750. The Morgan fingerprint density at radius 1 is 1.44 bits per heavy atom. The van der Waals surface area contributed by atoms with E-state index < -0.39 is 5.97 Å². The Morgan fingerprint density at radius 3 is 2.56 bits per heavy atom. The number of carboxylic acids is 1. The average molecular weight is 229 g/mol. The molecule has 0 heterocycles. The van der Waals surface area contributed by atoms with Gasteiger partial charge in [-0.2, -0.15) is 0 Å². The molecule has 0 atom stereocenters. The molecule has 0 amide bonds. The van der Waals surface area contributed by atoms with Gasteiger partial charge in [-0.3, -0.25) is 0 Å². The first-order valence-corrected chi connectivity index (χ1v) is 5.61. The summed E-state index contributed by atoms with van der Waals surface area (Å²) >= 11 is 0. The molecule has 0 aromatic rings. The summed E-state index contributed by atoms with van der Waals surface area (Å²) in [6, 6.07) is 0. The smallest absolute Gasteiger partial charge is 0.330 e. The van der Waals surface area contributed by atoms with E-state index in [0.29, 0.717) is 12.1 Å². The highest BCUT2D eigenvalue weighted by Gasteiger charge is 2.16. The maximum absolute atomic E-state index is 10.5. The topological polar surface area (TPSA) is 69.6 Å². The van der Waals surface area contributed by atoms with Crippen molar-refractivity contribution in [2.45, 2.75) is 33.6 Å². The third kappa shape index (κ3) is 7.43. The molecule has 0 aromatic heterocycles. The van der Waals surface area contributed by atoms with Crippen LogP contribution in [0.15, 0.2) is 11.6 Å². The second-order valence-electron chi connectivity index (χ2n) is 4.81. The SMILES string of the molecule is CC(=CCNCC(C)(C)CCCO)C(=O)O. The molecule has 0 aliphatic carbocycles. The van der Waals surface area contributed by atoms with E-state index in [4.69, 9.17) is 10.2 Å². The highest BCUT2D eigenvalue weighted by Crippen LogP contribution is 2.20. The van der Waals surface area contributed by atoms with Crippen molar-refractivity contribution >= 4 is 5.97 Å². The van der Waals surface area contributed by atoms with Crippen LogP contribution in [0.4, 0.5) is 0 Å². The van der Waals surface area contributed by atoms with Crippen molar-refractivity contribution in [3.05, 3.63) is 11.6 Å². The number of hydrogen-bond donors (Lipinski definition) is 3. The van der Waals surface area contributed by atoms with Gasteiger partial charge in [0.2, 0.25) is 0 Å². The second kappa shape index (κ2) is 7.41. The zero-order valence-corrected chi connectivity index (χ0v) is 10.4. The molecular formula is C12H23NO3. The van der Waals surface area contributed by atoms with Crippen LogP contribution in [0.25, 0.3) is 0 Å². The number of aliphatic hydroxyl groups excluding tert-OH is 1. The Kier molecular flexibility index (Phi) is 7.01. The first-order chi connectivity index (χ1) is 7.39. The van der Waals surface area contributed by atoms with Crippen LogP contribution in [0.2, 0.25) is 0 Å². The lowest BCUT2D eigenvalue weighted by Gasteiger charge is -2.24. The normalized spacial score (nSPS) is 12.9. The van der Waals surface area contributed by atoms with Crippen molar-refractivity contribution in [3.8, 4) is 0 Å². The summed E-state index contributed by atoms with van der Waals surface area (Å²) < 4.78 is 0. The second-order valence-corrected chi connectivity index (χ2v) is 4.81. The van der Waals surface area contributed by atoms with Gasteiger partial charge in [0.15, 0.2) is 0 Å². The molecule has 0 aliphatic rings. The van der Waals surface area contributed by atoms with E-state index in [1.807, 2.05) is 0 Å². The Labute approximate surface area is 97.4 Å². The van der Waals surface area contributed by atoms with Crippen LogP contribution in [0, 0.1) is 5.41 Å². The van der Waals surface area contributed by atoms with Crippen molar-refractivity contribution < 1.29 is 15.0 Å². The van der Waals surface area contributed by atoms with Gasteiger partial charge in [-0.25, -0.2) is 4.79 Å². The quantitative estimate of drug-likeness (QED) is 0.435. The third-order valence-corrected chi connectivity index (χ3v) is 2.51. The van der Waals surface area contributed by atoms with Gasteiger partial charge < -0.3 is 15.5 Å². The van der Waals surface area contributed by atoms with Crippen LogP contribution in [-0.4, -0.2) is 35.9 Å². The van der Waals surface area contributed by atoms with Gasteiger partial charge in [0.1, 0.15) is 0 Å². The molecule has 4 nitrogen and oxygen atoms in total. The predicted molar refractivity (Wildman–Crippen MR) is 64.4 cm³/mol. The van der Waals surface area contributed by atoms with Crippen molar-refractivity contribution in [2.75, 3.05) is 19.7 Å². The number of aliphatic carboxylic acids is 1. The summed E-state index contributed by atoms with van der Waals surface area (Å²) in [5.74, 6) is -0.874. The Morgan fingerprint density at radius 2 is 2.06 bits per heavy atom. The summed E-state index contributed by atoms with van der Waals surface area (Å²) in [5.41, 5.74) is 0.494. The minimum Gasteiger partial charge on any atom is -0.478 e. The number of carbonyl (C=O) groups is 1. The van der Waals surface area contributed by atoms with Gasteiger partial charge in [0.05, 0.1) is 0 Å². The number of nitrogens with one attached hydrogen (secondary N) is 1. The minimum atomic E-state index is -0.874. The van der Waals surface area contributed by atoms with Crippen LogP contribution in [0.3, 0.4) is 0 Å². The van der Waals surface area contributed by atoms with Gasteiger partial charge in [0.25, 0.3) is 0 Å². The Balaban J connectivity index is 3.80. The number of rotatable bonds is 8. The Hall–Kier alpha value is -0.870. The lowest BCUT2D eigenvalue weighted by atomic mass is 9.88. The Bertz CT molecular complexity index is 247. The van der Waals surface area contributed by atoms with Crippen LogP contribution in [0.5, 0.6) is 0 Å². The first kappa shape index (κ1) is 15.1. The molecule has 0 fully saturated rings. The molecular weight excluding hydrogens is 206 g/mol. The highest BCUT2D eigenvalue weighted by atomic mass is 16.4. The molecule has 4 heteroatoms. The third-order valence-electron chi connectivity index (χ3n) is 2.51. The summed E-state index contributed by atoms with van der Waals surface area (Å²) in [6.07, 6.45) is 3.43. The van der Waals surface area contributed by atoms with Gasteiger partial charge >= 0.3 is 5.97 Å². The molecule has 0 aromatic carbocycles. The van der Waals surface area contributed by atoms with Crippen LogP contribution in [-0.2, 0) is 4.79 Å². The lowest BCUT2D eigenvalue weighted by Crippen LogP contribution is -2.30. The summed E-state index contributed by atoms with van der Waals surface area (Å²) in [7, 11) is 0. The molecule has 0 saturated heterocycles. The summed E-state index contributed by atoms with van der Waals surface area (Å²) in [4.78, 5) is 10.5. The number of aliphatic hydroxyl groups is 1. The molecule has 0 rings (SSSR count). The molecule has 3 N–H and O–H groups in total. The largest absolute Gasteiger partial charge is 0.478 e. The molecule has 94 valence electrons. The molecule has 0 unspecified atom stereocenters. The van der Waals surface area contributed by atoms with E-state index in [0.717, 1.165) is 19.4 Å². The zero-order chi connectivity index (χ0) is 12.6. The monoisotopic (exact) mass is 229 g/mol. The molecule has 0 saturated carbocycles. The molecule has 0 radical (unpaired) electrons. The molecule has 0 spiro atoms. The van der Waals surface area contributed by atoms with Gasteiger partial charge in [0, 0.05) is 25.3 Å². The van der Waals surface area contributed by atoms with Gasteiger partial charge in [-0.15, -0.1) is 0 Å². The lowest BCUT2D eigenvalue weighted by molar-refractivity contribution is -0.132. The standard InChI is InChI=1S/C12H23NO3/c1-10(11(15)16)5-7-13-9-12(2,3)6-4-8-14/h5,13-14H,4,6-9H2,1-3H3,(H,15,16). The van der Waals surface area contributed by atoms with E-state index in [2.05, 4.69) is 19.2 Å². The predicted octanol–water partition coefficient (Wildman–Crippen LogP) is 1.41. The maximum atomic E-state index is 10.5. The molecule has 0 bridgehead atoms. The van der Waals surface area contributed by atoms with Crippen LogP contribution >= 0.6 is 0 Å². The molecule has 16 heavy (non-hydrogen) atoms. The van der Waals surface area contributed by atoms with E-state index in [9.17, 15) is 4.79 Å². The van der Waals surface area contributed by atoms with E-state index >= 15 is 0 Å². The number of hydrogen-bond acceptors (Lipinski definition) is 3. The average Bonchev–Trinajstić information content (AvgIpc) is 2.21.